The van der Waals surface area contributed by atoms with E-state index < -0.39 is 6.61 Å². The first-order chi connectivity index (χ1) is 8.56. The van der Waals surface area contributed by atoms with Crippen LogP contribution in [0.2, 0.25) is 5.02 Å². The smallest absolute Gasteiger partial charge is 0.387 e. The number of alkyl halides is 2. The Balaban J connectivity index is 2.10. The van der Waals surface area contributed by atoms with Crippen LogP contribution in [-0.4, -0.2) is 37.7 Å². The number of rotatable bonds is 5. The van der Waals surface area contributed by atoms with Gasteiger partial charge in [0.25, 0.3) is 0 Å². The fourth-order valence-corrected chi connectivity index (χ4v) is 2.06. The van der Waals surface area contributed by atoms with Crippen molar-refractivity contribution in [2.75, 3.05) is 20.1 Å². The molecule has 1 N–H and O–H groups in total. The minimum atomic E-state index is -2.82. The summed E-state index contributed by atoms with van der Waals surface area (Å²) < 4.78 is 29.1. The van der Waals surface area contributed by atoms with E-state index in [1.165, 1.54) is 6.07 Å². The van der Waals surface area contributed by atoms with Gasteiger partial charge in [-0.15, -0.1) is 0 Å². The van der Waals surface area contributed by atoms with Gasteiger partial charge in [0.1, 0.15) is 5.75 Å². The Bertz CT molecular complexity index is 413. The van der Waals surface area contributed by atoms with Gasteiger partial charge in [0, 0.05) is 36.3 Å². The molecule has 0 radical (unpaired) electrons. The van der Waals surface area contributed by atoms with Crippen molar-refractivity contribution in [1.29, 1.82) is 0 Å². The molecular formula is C12H15ClF2N2O. The highest BCUT2D eigenvalue weighted by atomic mass is 35.5. The Hall–Kier alpha value is -0.910. The van der Waals surface area contributed by atoms with Crippen molar-refractivity contribution in [3.05, 3.63) is 28.8 Å². The largest absolute Gasteiger partial charge is 0.434 e. The van der Waals surface area contributed by atoms with Crippen molar-refractivity contribution >= 4 is 11.6 Å². The van der Waals surface area contributed by atoms with Crippen LogP contribution in [0.3, 0.4) is 0 Å². The van der Waals surface area contributed by atoms with E-state index in [9.17, 15) is 8.78 Å². The number of nitrogens with zero attached hydrogens (tertiary/aromatic N) is 1. The highest BCUT2D eigenvalue weighted by molar-refractivity contribution is 6.30. The van der Waals surface area contributed by atoms with Crippen LogP contribution >= 0.6 is 11.6 Å². The van der Waals surface area contributed by atoms with E-state index in [4.69, 9.17) is 11.6 Å². The summed E-state index contributed by atoms with van der Waals surface area (Å²) in [6.45, 7) is -0.445. The SMILES string of the molecule is CN(Cc1cc(Cl)ccc1OC(F)F)C1CNC1. The van der Waals surface area contributed by atoms with Crippen LogP contribution < -0.4 is 10.1 Å². The van der Waals surface area contributed by atoms with Gasteiger partial charge >= 0.3 is 6.61 Å². The zero-order chi connectivity index (χ0) is 13.1. The molecule has 0 spiro atoms. The maximum Gasteiger partial charge on any atom is 0.387 e. The molecule has 1 fully saturated rings. The minimum Gasteiger partial charge on any atom is -0.434 e. The topological polar surface area (TPSA) is 24.5 Å². The van der Waals surface area contributed by atoms with Gasteiger partial charge in [-0.25, -0.2) is 0 Å². The number of ether oxygens (including phenoxy) is 1. The van der Waals surface area contributed by atoms with Crippen LogP contribution in [0, 0.1) is 0 Å². The third kappa shape index (κ3) is 3.31. The monoisotopic (exact) mass is 276 g/mol. The predicted octanol–water partition coefficient (Wildman–Crippen LogP) is 2.34. The maximum atomic E-state index is 12.3. The number of hydrogen-bond acceptors (Lipinski definition) is 3. The average Bonchev–Trinajstić information content (AvgIpc) is 2.18. The highest BCUT2D eigenvalue weighted by Gasteiger charge is 2.22. The Morgan fingerprint density at radius 2 is 2.22 bits per heavy atom. The first kappa shape index (κ1) is 13.5. The van der Waals surface area contributed by atoms with Crippen molar-refractivity contribution in [2.24, 2.45) is 0 Å². The van der Waals surface area contributed by atoms with Gasteiger partial charge < -0.3 is 10.1 Å². The van der Waals surface area contributed by atoms with Crippen LogP contribution in [0.1, 0.15) is 5.56 Å². The number of nitrogens with one attached hydrogen (secondary N) is 1. The molecule has 0 unspecified atom stereocenters. The fraction of sp³-hybridized carbons (Fsp3) is 0.500. The lowest BCUT2D eigenvalue weighted by Crippen LogP contribution is -2.55. The zero-order valence-electron chi connectivity index (χ0n) is 10.00. The van der Waals surface area contributed by atoms with E-state index in [0.29, 0.717) is 23.2 Å². The van der Waals surface area contributed by atoms with Gasteiger partial charge in [0.2, 0.25) is 0 Å². The van der Waals surface area contributed by atoms with E-state index in [1.54, 1.807) is 12.1 Å². The normalized spacial score (nSPS) is 16.1. The molecule has 3 nitrogen and oxygen atoms in total. The highest BCUT2D eigenvalue weighted by Crippen LogP contribution is 2.26. The summed E-state index contributed by atoms with van der Waals surface area (Å²) in [7, 11) is 1.96. The quantitative estimate of drug-likeness (QED) is 0.893. The van der Waals surface area contributed by atoms with E-state index in [1.807, 2.05) is 7.05 Å². The van der Waals surface area contributed by atoms with Gasteiger partial charge in [-0.3, -0.25) is 4.90 Å². The van der Waals surface area contributed by atoms with Gasteiger partial charge in [-0.05, 0) is 25.2 Å². The molecule has 2 rings (SSSR count). The van der Waals surface area contributed by atoms with Gasteiger partial charge in [-0.1, -0.05) is 11.6 Å². The van der Waals surface area contributed by atoms with Crippen LogP contribution in [0.15, 0.2) is 18.2 Å². The molecule has 0 aliphatic carbocycles. The Morgan fingerprint density at radius 3 is 2.78 bits per heavy atom. The second-order valence-corrected chi connectivity index (χ2v) is 4.79. The van der Waals surface area contributed by atoms with E-state index >= 15 is 0 Å². The summed E-state index contributed by atoms with van der Waals surface area (Å²) in [5.74, 6) is 0.188. The number of benzene rings is 1. The molecule has 1 aromatic rings. The molecule has 0 bridgehead atoms. The van der Waals surface area contributed by atoms with Crippen molar-refractivity contribution in [2.45, 2.75) is 19.2 Å². The molecular weight excluding hydrogens is 262 g/mol. The lowest BCUT2D eigenvalue weighted by molar-refractivity contribution is -0.0508. The molecule has 0 aromatic heterocycles. The predicted molar refractivity (Wildman–Crippen MR) is 66.2 cm³/mol. The fourth-order valence-electron chi connectivity index (χ4n) is 1.87. The summed E-state index contributed by atoms with van der Waals surface area (Å²) in [6.07, 6.45) is 0. The van der Waals surface area contributed by atoms with Crippen molar-refractivity contribution in [3.8, 4) is 5.75 Å². The van der Waals surface area contributed by atoms with Crippen molar-refractivity contribution < 1.29 is 13.5 Å². The van der Waals surface area contributed by atoms with E-state index in [-0.39, 0.29) is 5.75 Å². The van der Waals surface area contributed by atoms with Crippen LogP contribution in [0.4, 0.5) is 8.78 Å². The van der Waals surface area contributed by atoms with Gasteiger partial charge in [-0.2, -0.15) is 8.78 Å². The number of likely N-dealkylation sites (N-methyl/N-ethyl adjacent to an activating group) is 1. The Morgan fingerprint density at radius 1 is 1.50 bits per heavy atom. The summed E-state index contributed by atoms with van der Waals surface area (Å²) >= 11 is 5.89. The molecule has 1 aliphatic rings. The zero-order valence-corrected chi connectivity index (χ0v) is 10.8. The molecule has 1 aliphatic heterocycles. The third-order valence-electron chi connectivity index (χ3n) is 3.04. The first-order valence-corrected chi connectivity index (χ1v) is 6.08. The number of halogens is 3. The molecule has 6 heteroatoms. The van der Waals surface area contributed by atoms with Crippen LogP contribution in [0.25, 0.3) is 0 Å². The summed E-state index contributed by atoms with van der Waals surface area (Å²) in [6, 6.07) is 5.13. The molecule has 1 aromatic carbocycles. The molecule has 0 saturated carbocycles. The summed E-state index contributed by atoms with van der Waals surface area (Å²) in [5.41, 5.74) is 0.678. The lowest BCUT2D eigenvalue weighted by Gasteiger charge is -2.35. The van der Waals surface area contributed by atoms with Crippen LogP contribution in [0.5, 0.6) is 5.75 Å². The van der Waals surface area contributed by atoms with Gasteiger partial charge in [0.05, 0.1) is 0 Å². The van der Waals surface area contributed by atoms with Gasteiger partial charge in [0.15, 0.2) is 0 Å². The molecule has 100 valence electrons. The molecule has 0 atom stereocenters. The average molecular weight is 277 g/mol. The van der Waals surface area contributed by atoms with E-state index in [2.05, 4.69) is 15.0 Å². The molecule has 0 amide bonds. The first-order valence-electron chi connectivity index (χ1n) is 5.70. The lowest BCUT2D eigenvalue weighted by atomic mass is 10.1. The minimum absolute atomic E-state index is 0.188. The molecule has 18 heavy (non-hydrogen) atoms. The second kappa shape index (κ2) is 5.82. The number of hydrogen-bond donors (Lipinski definition) is 1. The van der Waals surface area contributed by atoms with Crippen molar-refractivity contribution in [3.63, 3.8) is 0 Å². The summed E-state index contributed by atoms with van der Waals surface area (Å²) in [5, 5.41) is 3.69. The maximum absolute atomic E-state index is 12.3. The van der Waals surface area contributed by atoms with Crippen LogP contribution in [-0.2, 0) is 6.54 Å². The second-order valence-electron chi connectivity index (χ2n) is 4.36. The summed E-state index contributed by atoms with van der Waals surface area (Å²) in [4.78, 5) is 2.10. The molecule has 1 saturated heterocycles. The van der Waals surface area contributed by atoms with E-state index in [0.717, 1.165) is 13.1 Å². The third-order valence-corrected chi connectivity index (χ3v) is 3.28. The Labute approximate surface area is 110 Å². The Kier molecular flexibility index (Phi) is 4.37. The van der Waals surface area contributed by atoms with Crippen molar-refractivity contribution in [1.82, 2.24) is 10.2 Å². The molecule has 1 heterocycles. The standard InChI is InChI=1S/C12H15ClF2N2O/c1-17(10-5-16-6-10)7-8-4-9(13)2-3-11(8)18-12(14)15/h2-4,10,12,16H,5-7H2,1H3.